The molecule has 0 spiro atoms. The summed E-state index contributed by atoms with van der Waals surface area (Å²) in [4.78, 5) is 18.5. The van der Waals surface area contributed by atoms with Crippen molar-refractivity contribution in [2.75, 3.05) is 32.4 Å². The lowest BCUT2D eigenvalue weighted by molar-refractivity contribution is 0.0709. The zero-order valence-electron chi connectivity index (χ0n) is 16.1. The number of amides is 1. The minimum Gasteiger partial charge on any atom is -0.334 e. The molecule has 2 fully saturated rings. The third kappa shape index (κ3) is 4.16. The minimum atomic E-state index is -3.19. The lowest BCUT2D eigenvalue weighted by Gasteiger charge is -2.28. The van der Waals surface area contributed by atoms with Gasteiger partial charge in [-0.1, -0.05) is 12.1 Å². The molecule has 0 N–H and O–H groups in total. The molecule has 2 saturated heterocycles. The maximum atomic E-state index is 13.0. The molecule has 7 heteroatoms. The first-order chi connectivity index (χ1) is 13.4. The molecule has 0 aliphatic carbocycles. The number of likely N-dealkylation sites (tertiary alicyclic amines) is 2. The van der Waals surface area contributed by atoms with Crippen molar-refractivity contribution in [3.63, 3.8) is 0 Å². The van der Waals surface area contributed by atoms with Gasteiger partial charge in [-0.25, -0.2) is 8.42 Å². The normalized spacial score (nSPS) is 20.8. The summed E-state index contributed by atoms with van der Waals surface area (Å²) in [5, 5.41) is 0. The number of rotatable bonds is 5. The number of carbonyl (C=O) groups is 1. The standard InChI is InChI=1S/C21H26N2O3S2/c1-28(25,26)20-11-10-19(27-20)16-6-8-17(9-7-16)21(24)23-14-4-5-18(23)15-22-12-2-3-13-22/h6-11,18H,2-5,12-15H2,1H3/t18-/m0/s1. The first-order valence-electron chi connectivity index (χ1n) is 9.85. The van der Waals surface area contributed by atoms with Gasteiger partial charge in [0.15, 0.2) is 9.84 Å². The Morgan fingerprint density at radius 2 is 1.75 bits per heavy atom. The molecule has 1 amide bonds. The second-order valence-electron chi connectivity index (χ2n) is 7.77. The van der Waals surface area contributed by atoms with E-state index in [-0.39, 0.29) is 5.91 Å². The maximum Gasteiger partial charge on any atom is 0.254 e. The largest absolute Gasteiger partial charge is 0.334 e. The number of hydrogen-bond acceptors (Lipinski definition) is 5. The Balaban J connectivity index is 1.47. The van der Waals surface area contributed by atoms with Crippen LogP contribution in [0.5, 0.6) is 0 Å². The Morgan fingerprint density at radius 3 is 2.39 bits per heavy atom. The van der Waals surface area contributed by atoms with Crippen LogP contribution in [0, 0.1) is 0 Å². The van der Waals surface area contributed by atoms with Gasteiger partial charge in [0.1, 0.15) is 4.21 Å². The van der Waals surface area contributed by atoms with E-state index in [1.807, 2.05) is 35.2 Å². The number of benzene rings is 1. The summed E-state index contributed by atoms with van der Waals surface area (Å²) < 4.78 is 23.7. The molecule has 150 valence electrons. The van der Waals surface area contributed by atoms with E-state index in [2.05, 4.69) is 4.90 Å². The molecular formula is C21H26N2O3S2. The van der Waals surface area contributed by atoms with Crippen LogP contribution in [-0.2, 0) is 9.84 Å². The molecule has 2 aliphatic rings. The fourth-order valence-electron chi connectivity index (χ4n) is 4.17. The van der Waals surface area contributed by atoms with Gasteiger partial charge in [-0.2, -0.15) is 0 Å². The maximum absolute atomic E-state index is 13.0. The van der Waals surface area contributed by atoms with E-state index >= 15 is 0 Å². The first-order valence-corrected chi connectivity index (χ1v) is 12.6. The lowest BCUT2D eigenvalue weighted by Crippen LogP contribution is -2.42. The van der Waals surface area contributed by atoms with Crippen LogP contribution >= 0.6 is 11.3 Å². The Morgan fingerprint density at radius 1 is 1.04 bits per heavy atom. The number of nitrogens with zero attached hydrogens (tertiary/aromatic N) is 2. The SMILES string of the molecule is CS(=O)(=O)c1ccc(-c2ccc(C(=O)N3CCC[C@H]3CN3CCCC3)cc2)s1. The molecule has 1 atom stereocenters. The summed E-state index contributed by atoms with van der Waals surface area (Å²) in [5.74, 6) is 0.108. The van der Waals surface area contributed by atoms with Crippen LogP contribution in [0.1, 0.15) is 36.0 Å². The highest BCUT2D eigenvalue weighted by Gasteiger charge is 2.31. The van der Waals surface area contributed by atoms with Gasteiger partial charge < -0.3 is 9.80 Å². The van der Waals surface area contributed by atoms with Gasteiger partial charge in [-0.05, 0) is 68.6 Å². The molecule has 0 unspecified atom stereocenters. The van der Waals surface area contributed by atoms with Gasteiger partial charge in [0.25, 0.3) is 5.91 Å². The van der Waals surface area contributed by atoms with E-state index in [1.54, 1.807) is 6.07 Å². The molecule has 4 rings (SSSR count). The molecule has 0 saturated carbocycles. The second kappa shape index (κ2) is 7.97. The first kappa shape index (κ1) is 19.6. The molecule has 0 bridgehead atoms. The van der Waals surface area contributed by atoms with Gasteiger partial charge in [0.05, 0.1) is 0 Å². The number of carbonyl (C=O) groups excluding carboxylic acids is 1. The van der Waals surface area contributed by atoms with Crippen molar-refractivity contribution in [2.24, 2.45) is 0 Å². The Labute approximate surface area is 170 Å². The van der Waals surface area contributed by atoms with Crippen molar-refractivity contribution >= 4 is 27.1 Å². The summed E-state index contributed by atoms with van der Waals surface area (Å²) in [6, 6.07) is 11.3. The Bertz CT molecular complexity index is 944. The fourth-order valence-corrected chi connectivity index (χ4v) is 6.11. The van der Waals surface area contributed by atoms with E-state index in [9.17, 15) is 13.2 Å². The van der Waals surface area contributed by atoms with Crippen LogP contribution in [0.3, 0.4) is 0 Å². The summed E-state index contributed by atoms with van der Waals surface area (Å²) >= 11 is 1.26. The topological polar surface area (TPSA) is 57.7 Å². The predicted molar refractivity (Wildman–Crippen MR) is 113 cm³/mol. The Hall–Kier alpha value is -1.70. The smallest absolute Gasteiger partial charge is 0.254 e. The molecule has 5 nitrogen and oxygen atoms in total. The molecule has 1 aromatic heterocycles. The van der Waals surface area contributed by atoms with Crippen LogP contribution in [0.15, 0.2) is 40.6 Å². The molecule has 2 aliphatic heterocycles. The van der Waals surface area contributed by atoms with Gasteiger partial charge in [-0.15, -0.1) is 11.3 Å². The molecule has 0 radical (unpaired) electrons. The van der Waals surface area contributed by atoms with Crippen molar-refractivity contribution in [3.05, 3.63) is 42.0 Å². The monoisotopic (exact) mass is 418 g/mol. The zero-order chi connectivity index (χ0) is 19.7. The summed E-state index contributed by atoms with van der Waals surface area (Å²) in [6.07, 6.45) is 5.92. The number of sulfone groups is 1. The third-order valence-electron chi connectivity index (χ3n) is 5.67. The molecule has 2 aromatic rings. The molecule has 1 aromatic carbocycles. The highest BCUT2D eigenvalue weighted by molar-refractivity contribution is 7.92. The van der Waals surface area contributed by atoms with Crippen molar-refractivity contribution in [1.29, 1.82) is 0 Å². The lowest BCUT2D eigenvalue weighted by atomic mass is 10.1. The van der Waals surface area contributed by atoms with Crippen molar-refractivity contribution in [1.82, 2.24) is 9.80 Å². The highest BCUT2D eigenvalue weighted by atomic mass is 32.2. The minimum absolute atomic E-state index is 0.108. The predicted octanol–water partition coefficient (Wildman–Crippen LogP) is 3.52. The van der Waals surface area contributed by atoms with Crippen molar-refractivity contribution < 1.29 is 13.2 Å². The number of hydrogen-bond donors (Lipinski definition) is 0. The van der Waals surface area contributed by atoms with Crippen LogP contribution in [0.4, 0.5) is 0 Å². The van der Waals surface area contributed by atoms with Crippen LogP contribution < -0.4 is 0 Å². The molecular weight excluding hydrogens is 392 g/mol. The van der Waals surface area contributed by atoms with Crippen LogP contribution in [0.25, 0.3) is 10.4 Å². The van der Waals surface area contributed by atoms with Crippen LogP contribution in [-0.4, -0.2) is 62.6 Å². The average Bonchev–Trinajstić information content (AvgIpc) is 3.43. The quantitative estimate of drug-likeness (QED) is 0.746. The summed E-state index contributed by atoms with van der Waals surface area (Å²) in [6.45, 7) is 4.14. The van der Waals surface area contributed by atoms with Crippen molar-refractivity contribution in [3.8, 4) is 10.4 Å². The number of thiophene rings is 1. The van der Waals surface area contributed by atoms with Gasteiger partial charge >= 0.3 is 0 Å². The third-order valence-corrected chi connectivity index (χ3v) is 8.62. The van der Waals surface area contributed by atoms with E-state index < -0.39 is 9.84 Å². The second-order valence-corrected chi connectivity index (χ2v) is 11.1. The highest BCUT2D eigenvalue weighted by Crippen LogP contribution is 2.31. The average molecular weight is 419 g/mol. The molecule has 28 heavy (non-hydrogen) atoms. The van der Waals surface area contributed by atoms with Gasteiger partial charge in [0, 0.05) is 35.8 Å². The van der Waals surface area contributed by atoms with E-state index in [0.29, 0.717) is 15.8 Å². The Kier molecular flexibility index (Phi) is 5.58. The molecule has 3 heterocycles. The van der Waals surface area contributed by atoms with E-state index in [4.69, 9.17) is 0 Å². The van der Waals surface area contributed by atoms with E-state index in [1.165, 1.54) is 30.4 Å². The zero-order valence-corrected chi connectivity index (χ0v) is 17.8. The fraction of sp³-hybridized carbons (Fsp3) is 0.476. The summed E-state index contributed by atoms with van der Waals surface area (Å²) in [5.41, 5.74) is 1.64. The van der Waals surface area contributed by atoms with Gasteiger partial charge in [0.2, 0.25) is 0 Å². The van der Waals surface area contributed by atoms with Gasteiger partial charge in [-0.3, -0.25) is 4.79 Å². The van der Waals surface area contributed by atoms with Crippen LogP contribution in [0.2, 0.25) is 0 Å². The van der Waals surface area contributed by atoms with Crippen molar-refractivity contribution in [2.45, 2.75) is 35.9 Å². The summed E-state index contributed by atoms with van der Waals surface area (Å²) in [7, 11) is -3.19. The van der Waals surface area contributed by atoms with E-state index in [0.717, 1.165) is 49.5 Å².